The number of benzene rings is 2. The molecular formula is C53H86O11. The molecule has 0 bridgehead atoms. The number of carbonyl (C=O) groups is 3. The summed E-state index contributed by atoms with van der Waals surface area (Å²) >= 11 is 0. The quantitative estimate of drug-likeness (QED) is 0.0274. The van der Waals surface area contributed by atoms with Crippen LogP contribution in [0.2, 0.25) is 0 Å². The first kappa shape index (κ1) is 56.3. The molecule has 2 unspecified atom stereocenters. The van der Waals surface area contributed by atoms with Gasteiger partial charge in [-0.05, 0) is 49.2 Å². The molecule has 0 radical (unpaired) electrons. The van der Waals surface area contributed by atoms with Gasteiger partial charge in [0.05, 0.1) is 25.3 Å². The van der Waals surface area contributed by atoms with Gasteiger partial charge in [0.25, 0.3) is 0 Å². The van der Waals surface area contributed by atoms with Crippen LogP contribution in [0.4, 0.5) is 4.79 Å². The summed E-state index contributed by atoms with van der Waals surface area (Å²) in [5.41, 5.74) is 0.540. The minimum atomic E-state index is -0.928. The molecule has 2 atom stereocenters. The third-order valence-corrected chi connectivity index (χ3v) is 11.7. The monoisotopic (exact) mass is 899 g/mol. The summed E-state index contributed by atoms with van der Waals surface area (Å²) in [5, 5.41) is 0. The number of hydrogen-bond donors (Lipinski definition) is 0. The second-order valence-electron chi connectivity index (χ2n) is 17.3. The number of methoxy groups -OCH3 is 2. The summed E-state index contributed by atoms with van der Waals surface area (Å²) in [7, 11) is 3.04. The number of unbranched alkanes of at least 4 members (excludes halogenated alkanes) is 26. The molecule has 2 rings (SSSR count). The fraction of sp³-hybridized carbons (Fsp3) is 0.717. The van der Waals surface area contributed by atoms with E-state index in [-0.39, 0.29) is 24.3 Å². The molecule has 0 aliphatic heterocycles. The van der Waals surface area contributed by atoms with Gasteiger partial charge in [-0.25, -0.2) is 14.4 Å². The SMILES string of the molecule is CCCCCCCCCCCCCCCCC(COC(=O)OCC(CCCCCCCCCCCCCCCC)OOC(=O)c1cccc(OC)c1)OOC(=O)c1cccc(OC)c1. The Kier molecular flexibility index (Phi) is 34.8. The highest BCUT2D eigenvalue weighted by molar-refractivity contribution is 5.89. The number of rotatable bonds is 42. The maximum atomic E-state index is 12.9. The Morgan fingerprint density at radius 2 is 0.719 bits per heavy atom. The smallest absolute Gasteiger partial charge is 0.497 e. The molecule has 2 aromatic carbocycles. The van der Waals surface area contributed by atoms with E-state index in [4.69, 9.17) is 38.5 Å². The van der Waals surface area contributed by atoms with Crippen LogP contribution in [0.3, 0.4) is 0 Å². The molecule has 364 valence electrons. The first-order valence-corrected chi connectivity index (χ1v) is 25.2. The van der Waals surface area contributed by atoms with Crippen molar-refractivity contribution >= 4 is 18.1 Å². The van der Waals surface area contributed by atoms with Crippen molar-refractivity contribution in [1.82, 2.24) is 0 Å². The van der Waals surface area contributed by atoms with E-state index in [1.165, 1.54) is 155 Å². The van der Waals surface area contributed by atoms with Gasteiger partial charge in [0.1, 0.15) is 36.9 Å². The van der Waals surface area contributed by atoms with Crippen molar-refractivity contribution in [2.24, 2.45) is 0 Å². The van der Waals surface area contributed by atoms with Crippen molar-refractivity contribution < 1.29 is 52.9 Å². The molecule has 11 heteroatoms. The van der Waals surface area contributed by atoms with E-state index in [1.54, 1.807) is 48.5 Å². The Labute approximate surface area is 387 Å². The van der Waals surface area contributed by atoms with Crippen LogP contribution in [0.5, 0.6) is 11.5 Å². The van der Waals surface area contributed by atoms with Gasteiger partial charge in [-0.15, -0.1) is 0 Å². The van der Waals surface area contributed by atoms with Crippen LogP contribution in [0.15, 0.2) is 48.5 Å². The molecule has 0 saturated carbocycles. The Bertz CT molecular complexity index is 1340. The van der Waals surface area contributed by atoms with Crippen molar-refractivity contribution in [1.29, 1.82) is 0 Å². The van der Waals surface area contributed by atoms with Crippen molar-refractivity contribution in [3.63, 3.8) is 0 Å². The Morgan fingerprint density at radius 3 is 1.02 bits per heavy atom. The number of hydrogen-bond acceptors (Lipinski definition) is 11. The standard InChI is InChI=1S/C53H86O11/c1-5-7-9-11-13-15-17-19-21-23-25-27-29-31-37-49(61-63-51(54)45-35-33-39-47(41-45)57-3)43-59-53(56)60-44-50(62-64-52(55)46-36-34-40-48(42-46)58-4)38-32-30-28-26-24-22-20-18-16-14-12-10-8-6-2/h33-36,39-42,49-50H,5-32,37-38,43-44H2,1-4H3. The van der Waals surface area contributed by atoms with Crippen LogP contribution >= 0.6 is 0 Å². The summed E-state index contributed by atoms with van der Waals surface area (Å²) in [6.45, 7) is 4.15. The first-order valence-electron chi connectivity index (χ1n) is 25.2. The lowest BCUT2D eigenvalue weighted by atomic mass is 10.0. The minimum absolute atomic E-state index is 0.183. The summed E-state index contributed by atoms with van der Waals surface area (Å²) in [6, 6.07) is 13.2. The van der Waals surface area contributed by atoms with Gasteiger partial charge < -0.3 is 18.9 Å². The lowest BCUT2D eigenvalue weighted by molar-refractivity contribution is -0.285. The van der Waals surface area contributed by atoms with Crippen LogP contribution in [-0.2, 0) is 29.0 Å². The molecule has 0 saturated heterocycles. The van der Waals surface area contributed by atoms with Crippen LogP contribution in [0.1, 0.15) is 227 Å². The molecule has 0 spiro atoms. The largest absolute Gasteiger partial charge is 0.508 e. The van der Waals surface area contributed by atoms with Gasteiger partial charge in [0.15, 0.2) is 0 Å². The summed E-state index contributed by atoms with van der Waals surface area (Å²) in [4.78, 5) is 60.1. The van der Waals surface area contributed by atoms with Crippen molar-refractivity contribution in [3.05, 3.63) is 59.7 Å². The Hall–Kier alpha value is -3.83. The average molecular weight is 899 g/mol. The molecule has 2 aromatic rings. The van der Waals surface area contributed by atoms with Crippen LogP contribution in [0.25, 0.3) is 0 Å². The molecule has 0 N–H and O–H groups in total. The second-order valence-corrected chi connectivity index (χ2v) is 17.3. The van der Waals surface area contributed by atoms with E-state index in [0.717, 1.165) is 38.5 Å². The zero-order valence-electron chi connectivity index (χ0n) is 40.4. The van der Waals surface area contributed by atoms with Gasteiger partial charge in [-0.3, -0.25) is 9.78 Å². The minimum Gasteiger partial charge on any atom is -0.497 e. The van der Waals surface area contributed by atoms with E-state index < -0.39 is 30.3 Å². The van der Waals surface area contributed by atoms with E-state index >= 15 is 0 Å². The van der Waals surface area contributed by atoms with Gasteiger partial charge in [0.2, 0.25) is 0 Å². The summed E-state index contributed by atoms with van der Waals surface area (Å²) in [6.07, 6.45) is 33.2. The molecule has 0 aromatic heterocycles. The van der Waals surface area contributed by atoms with E-state index in [1.807, 2.05) is 0 Å². The predicted octanol–water partition coefficient (Wildman–Crippen LogP) is 15.2. The van der Waals surface area contributed by atoms with E-state index in [9.17, 15) is 14.4 Å². The highest BCUT2D eigenvalue weighted by Gasteiger charge is 2.21. The van der Waals surface area contributed by atoms with Gasteiger partial charge in [0, 0.05) is 0 Å². The lowest BCUT2D eigenvalue weighted by Gasteiger charge is -2.18. The van der Waals surface area contributed by atoms with Gasteiger partial charge in [-0.2, -0.15) is 9.78 Å². The number of ether oxygens (including phenoxy) is 4. The first-order chi connectivity index (χ1) is 31.4. The summed E-state index contributed by atoms with van der Waals surface area (Å²) in [5.74, 6) is -0.332. The van der Waals surface area contributed by atoms with E-state index in [0.29, 0.717) is 24.3 Å². The molecule has 0 fully saturated rings. The average Bonchev–Trinajstić information content (AvgIpc) is 3.32. The third kappa shape index (κ3) is 29.6. The number of carbonyl (C=O) groups excluding carboxylic acids is 3. The molecule has 11 nitrogen and oxygen atoms in total. The molecule has 64 heavy (non-hydrogen) atoms. The zero-order chi connectivity index (χ0) is 46.1. The lowest BCUT2D eigenvalue weighted by Crippen LogP contribution is -2.27. The normalized spacial score (nSPS) is 12.1. The van der Waals surface area contributed by atoms with Crippen LogP contribution < -0.4 is 9.47 Å². The Balaban J connectivity index is 1.83. The Morgan fingerprint density at radius 1 is 0.422 bits per heavy atom. The van der Waals surface area contributed by atoms with Gasteiger partial charge in [-0.1, -0.05) is 206 Å². The molecule has 0 amide bonds. The molecule has 0 aliphatic carbocycles. The van der Waals surface area contributed by atoms with Gasteiger partial charge >= 0.3 is 18.1 Å². The third-order valence-electron chi connectivity index (χ3n) is 11.7. The maximum Gasteiger partial charge on any atom is 0.508 e. The maximum absolute atomic E-state index is 12.9. The second kappa shape index (κ2) is 39.5. The van der Waals surface area contributed by atoms with E-state index in [2.05, 4.69) is 13.8 Å². The molecular weight excluding hydrogens is 813 g/mol. The highest BCUT2D eigenvalue weighted by Crippen LogP contribution is 2.20. The van der Waals surface area contributed by atoms with Crippen molar-refractivity contribution in [2.75, 3.05) is 27.4 Å². The van der Waals surface area contributed by atoms with Crippen LogP contribution in [0, 0.1) is 0 Å². The van der Waals surface area contributed by atoms with Crippen molar-refractivity contribution in [3.8, 4) is 11.5 Å². The fourth-order valence-corrected chi connectivity index (χ4v) is 7.63. The molecule has 0 aliphatic rings. The van der Waals surface area contributed by atoms with Crippen LogP contribution in [-0.4, -0.2) is 57.7 Å². The summed E-state index contributed by atoms with van der Waals surface area (Å²) < 4.78 is 21.4. The fourth-order valence-electron chi connectivity index (χ4n) is 7.63. The zero-order valence-corrected chi connectivity index (χ0v) is 40.4. The van der Waals surface area contributed by atoms with Crippen molar-refractivity contribution in [2.45, 2.75) is 219 Å². The topological polar surface area (TPSA) is 125 Å². The molecule has 0 heterocycles. The highest BCUT2D eigenvalue weighted by atomic mass is 17.2. The predicted molar refractivity (Wildman–Crippen MR) is 254 cm³/mol.